The number of imidazole rings is 1. The molecule has 0 aliphatic rings. The second-order valence-corrected chi connectivity index (χ2v) is 10.6. The molecule has 6 N–H and O–H groups in total. The average molecular weight is 407 g/mol. The second-order valence-electron chi connectivity index (χ2n) is 4.16. The van der Waals surface area contributed by atoms with Crippen LogP contribution < -0.4 is 15.2 Å². The zero-order valence-electron chi connectivity index (χ0n) is 10.8. The molecule has 0 fully saturated rings. The van der Waals surface area contributed by atoms with E-state index in [0.717, 1.165) is 9.40 Å². The fourth-order valence-corrected chi connectivity index (χ4v) is 7.90. The minimum atomic E-state index is -1.17. The number of hydrogen-bond donors (Lipinski definition) is 4. The molecular weight excluding hydrogens is 391 g/mol. The molecule has 0 bridgehead atoms. The van der Waals surface area contributed by atoms with Crippen molar-refractivity contribution in [3.05, 3.63) is 12.0 Å². The molecule has 10 heteroatoms. The van der Waals surface area contributed by atoms with Crippen LogP contribution in [-0.4, -0.2) is 69.3 Å². The first-order valence-corrected chi connectivity index (χ1v) is 11.6. The normalized spacial score (nSPS) is 13.9. The summed E-state index contributed by atoms with van der Waals surface area (Å²) in [7, 11) is 3.29. The number of aryl methyl sites for hydroxylation is 1. The van der Waals surface area contributed by atoms with Crippen LogP contribution in [0.3, 0.4) is 0 Å². The molecule has 0 saturated heterocycles. The summed E-state index contributed by atoms with van der Waals surface area (Å²) >= 11 is -1.17. The van der Waals surface area contributed by atoms with Gasteiger partial charge in [0.2, 0.25) is 0 Å². The van der Waals surface area contributed by atoms with Gasteiger partial charge < -0.3 is 0 Å². The summed E-state index contributed by atoms with van der Waals surface area (Å²) in [6.45, 7) is 0. The Labute approximate surface area is 128 Å². The van der Waals surface area contributed by atoms with Gasteiger partial charge >= 0.3 is 129 Å². The molecule has 0 amide bonds. The SMILES string of the molecule is Cn1cn[c]([Sn][S]C[C@H](N)C(=O)O)c1C[C@H](N)C(=O)O. The van der Waals surface area contributed by atoms with Gasteiger partial charge in [-0.2, -0.15) is 0 Å². The van der Waals surface area contributed by atoms with Gasteiger partial charge in [-0.15, -0.1) is 0 Å². The van der Waals surface area contributed by atoms with Gasteiger partial charge in [0.25, 0.3) is 0 Å². The first-order chi connectivity index (χ1) is 9.32. The van der Waals surface area contributed by atoms with Crippen molar-refractivity contribution in [3.63, 3.8) is 0 Å². The van der Waals surface area contributed by atoms with Crippen molar-refractivity contribution >= 4 is 44.4 Å². The molecular formula is C10H16N4O4SSn. The van der Waals surface area contributed by atoms with E-state index < -0.39 is 43.8 Å². The van der Waals surface area contributed by atoms with E-state index in [0.29, 0.717) is 5.75 Å². The topological polar surface area (TPSA) is 144 Å². The Balaban J connectivity index is 2.63. The van der Waals surface area contributed by atoms with E-state index in [1.54, 1.807) is 17.9 Å². The van der Waals surface area contributed by atoms with Crippen molar-refractivity contribution in [2.24, 2.45) is 18.5 Å². The molecule has 20 heavy (non-hydrogen) atoms. The van der Waals surface area contributed by atoms with Crippen molar-refractivity contribution in [1.82, 2.24) is 9.55 Å². The summed E-state index contributed by atoms with van der Waals surface area (Å²) in [5, 5.41) is 17.5. The Morgan fingerprint density at radius 3 is 2.55 bits per heavy atom. The molecule has 0 aliphatic heterocycles. The summed E-state index contributed by atoms with van der Waals surface area (Å²) < 4.78 is 2.63. The van der Waals surface area contributed by atoms with E-state index in [2.05, 4.69) is 4.98 Å². The zero-order chi connectivity index (χ0) is 15.3. The molecule has 0 aromatic carbocycles. The minimum absolute atomic E-state index is 0.216. The van der Waals surface area contributed by atoms with Gasteiger partial charge in [0.15, 0.2) is 0 Å². The van der Waals surface area contributed by atoms with E-state index in [1.807, 2.05) is 0 Å². The molecule has 1 aromatic heterocycles. The molecule has 2 atom stereocenters. The standard InChI is InChI=1S/C7H10N3O2.C3H7NO2S.Sn/c1-10-4-9-3-5(10)2-6(8)7(11)12;4-2(1-7)3(5)6;/h4,6H,2,8H2,1H3,(H,11,12);2,7H,1,4H2,(H,5,6);/q;;+1/p-1/t6-;2-;/m00./s1. The van der Waals surface area contributed by atoms with Crippen LogP contribution in [0, 0.1) is 0 Å². The van der Waals surface area contributed by atoms with E-state index >= 15 is 0 Å². The van der Waals surface area contributed by atoms with Gasteiger partial charge in [-0.1, -0.05) is 0 Å². The number of rotatable bonds is 8. The number of aromatic nitrogens is 2. The van der Waals surface area contributed by atoms with Crippen molar-refractivity contribution in [2.45, 2.75) is 18.5 Å². The summed E-state index contributed by atoms with van der Waals surface area (Å²) in [6, 6.07) is -1.84. The summed E-state index contributed by atoms with van der Waals surface area (Å²) in [4.78, 5) is 25.7. The summed E-state index contributed by atoms with van der Waals surface area (Å²) in [6.07, 6.45) is 1.84. The third kappa shape index (κ3) is 4.96. The fraction of sp³-hybridized carbons (Fsp3) is 0.500. The van der Waals surface area contributed by atoms with Gasteiger partial charge in [0, 0.05) is 0 Å². The predicted molar refractivity (Wildman–Crippen MR) is 76.0 cm³/mol. The third-order valence-corrected chi connectivity index (χ3v) is 8.91. The molecule has 1 rings (SSSR count). The predicted octanol–water partition coefficient (Wildman–Crippen LogP) is -2.24. The Hall–Kier alpha value is -0.781. The van der Waals surface area contributed by atoms with Crippen molar-refractivity contribution in [3.8, 4) is 0 Å². The van der Waals surface area contributed by atoms with E-state index in [4.69, 9.17) is 21.7 Å². The van der Waals surface area contributed by atoms with E-state index in [-0.39, 0.29) is 6.42 Å². The molecule has 2 radical (unpaired) electrons. The second kappa shape index (κ2) is 7.86. The molecule has 0 spiro atoms. The quantitative estimate of drug-likeness (QED) is 0.355. The number of nitrogens with zero attached hydrogens (tertiary/aromatic N) is 2. The van der Waals surface area contributed by atoms with Gasteiger partial charge in [-0.05, 0) is 0 Å². The number of carboxylic acid groups (broad SMARTS) is 2. The molecule has 0 saturated carbocycles. The van der Waals surface area contributed by atoms with Crippen molar-refractivity contribution in [2.75, 3.05) is 5.75 Å². The Morgan fingerprint density at radius 1 is 1.40 bits per heavy atom. The molecule has 0 unspecified atom stereocenters. The Morgan fingerprint density at radius 2 is 2.00 bits per heavy atom. The summed E-state index contributed by atoms with van der Waals surface area (Å²) in [5.74, 6) is -1.74. The summed E-state index contributed by atoms with van der Waals surface area (Å²) in [5.41, 5.74) is 11.8. The monoisotopic (exact) mass is 408 g/mol. The molecule has 8 nitrogen and oxygen atoms in total. The van der Waals surface area contributed by atoms with Crippen LogP contribution in [0.15, 0.2) is 6.33 Å². The van der Waals surface area contributed by atoms with Crippen LogP contribution in [0.2, 0.25) is 0 Å². The molecule has 1 heterocycles. The van der Waals surface area contributed by atoms with Crippen LogP contribution in [-0.2, 0) is 23.1 Å². The van der Waals surface area contributed by atoms with E-state index in [9.17, 15) is 9.59 Å². The zero-order valence-corrected chi connectivity index (χ0v) is 14.5. The van der Waals surface area contributed by atoms with Crippen LogP contribution in [0.25, 0.3) is 0 Å². The van der Waals surface area contributed by atoms with Crippen LogP contribution in [0.5, 0.6) is 0 Å². The number of hydrogen-bond acceptors (Lipinski definition) is 6. The van der Waals surface area contributed by atoms with Gasteiger partial charge in [-0.3, -0.25) is 0 Å². The number of aliphatic carboxylic acids is 2. The molecule has 110 valence electrons. The van der Waals surface area contributed by atoms with Crippen LogP contribution >= 0.6 is 8.95 Å². The maximum absolute atomic E-state index is 10.8. The maximum atomic E-state index is 10.8. The molecule has 1 aromatic rings. The number of carboxylic acids is 2. The molecule has 0 aliphatic carbocycles. The van der Waals surface area contributed by atoms with Crippen LogP contribution in [0.4, 0.5) is 0 Å². The first kappa shape index (κ1) is 17.3. The fourth-order valence-electron chi connectivity index (χ4n) is 1.35. The average Bonchev–Trinajstić information content (AvgIpc) is 2.71. The van der Waals surface area contributed by atoms with Gasteiger partial charge in [-0.25, -0.2) is 0 Å². The Bertz CT molecular complexity index is 496. The first-order valence-electron chi connectivity index (χ1n) is 5.67. The van der Waals surface area contributed by atoms with Crippen LogP contribution in [0.1, 0.15) is 5.69 Å². The third-order valence-electron chi connectivity index (χ3n) is 2.54. The van der Waals surface area contributed by atoms with Gasteiger partial charge in [0.1, 0.15) is 0 Å². The Kier molecular flexibility index (Phi) is 6.79. The van der Waals surface area contributed by atoms with Crippen molar-refractivity contribution in [1.29, 1.82) is 0 Å². The number of carbonyl (C=O) groups is 2. The van der Waals surface area contributed by atoms with Gasteiger partial charge in [0.05, 0.1) is 0 Å². The van der Waals surface area contributed by atoms with E-state index in [1.165, 1.54) is 8.95 Å². The number of nitrogens with two attached hydrogens (primary N) is 2. The van der Waals surface area contributed by atoms with Crippen molar-refractivity contribution < 1.29 is 19.8 Å².